The van der Waals surface area contributed by atoms with Crippen LogP contribution < -0.4 is 0 Å². The summed E-state index contributed by atoms with van der Waals surface area (Å²) in [4.78, 5) is 3.82. The molecule has 0 aliphatic rings. The summed E-state index contributed by atoms with van der Waals surface area (Å²) < 4.78 is 1.72. The SMILES string of the molecule is CCSCCCn1cnc(C#N)n1. The molecule has 70 valence electrons. The lowest BCUT2D eigenvalue weighted by molar-refractivity contribution is 0.603. The van der Waals surface area contributed by atoms with E-state index in [2.05, 4.69) is 17.0 Å². The second-order valence-electron chi connectivity index (χ2n) is 2.49. The molecule has 0 aromatic carbocycles. The predicted molar refractivity (Wildman–Crippen MR) is 52.4 cm³/mol. The molecule has 0 radical (unpaired) electrons. The van der Waals surface area contributed by atoms with Gasteiger partial charge < -0.3 is 0 Å². The summed E-state index contributed by atoms with van der Waals surface area (Å²) in [6, 6.07) is 1.90. The number of hydrogen-bond acceptors (Lipinski definition) is 4. The zero-order chi connectivity index (χ0) is 9.52. The van der Waals surface area contributed by atoms with Gasteiger partial charge in [0.25, 0.3) is 5.82 Å². The number of nitrogens with zero attached hydrogens (tertiary/aromatic N) is 4. The summed E-state index contributed by atoms with van der Waals surface area (Å²) in [7, 11) is 0. The topological polar surface area (TPSA) is 54.5 Å². The van der Waals surface area contributed by atoms with E-state index in [1.165, 1.54) is 0 Å². The minimum Gasteiger partial charge on any atom is -0.252 e. The summed E-state index contributed by atoms with van der Waals surface area (Å²) in [5.41, 5.74) is 0. The Morgan fingerprint density at radius 1 is 1.69 bits per heavy atom. The molecule has 0 bridgehead atoms. The van der Waals surface area contributed by atoms with Crippen molar-refractivity contribution in [1.82, 2.24) is 14.8 Å². The van der Waals surface area contributed by atoms with Crippen LogP contribution in [0.5, 0.6) is 0 Å². The lowest BCUT2D eigenvalue weighted by Gasteiger charge is -1.98. The van der Waals surface area contributed by atoms with Crippen molar-refractivity contribution in [3.05, 3.63) is 12.2 Å². The van der Waals surface area contributed by atoms with Crippen LogP contribution in [0.4, 0.5) is 0 Å². The van der Waals surface area contributed by atoms with E-state index in [-0.39, 0.29) is 5.82 Å². The third kappa shape index (κ3) is 3.47. The lowest BCUT2D eigenvalue weighted by Crippen LogP contribution is -2.00. The van der Waals surface area contributed by atoms with Gasteiger partial charge in [0, 0.05) is 6.54 Å². The quantitative estimate of drug-likeness (QED) is 0.666. The van der Waals surface area contributed by atoms with Gasteiger partial charge in [-0.05, 0) is 17.9 Å². The van der Waals surface area contributed by atoms with Gasteiger partial charge >= 0.3 is 0 Å². The number of aryl methyl sites for hydroxylation is 1. The molecule has 1 aromatic rings. The Kier molecular flexibility index (Phi) is 4.33. The molecule has 0 aliphatic heterocycles. The van der Waals surface area contributed by atoms with Gasteiger partial charge in [-0.15, -0.1) is 5.10 Å². The molecule has 5 heteroatoms. The van der Waals surface area contributed by atoms with E-state index in [1.807, 2.05) is 17.8 Å². The van der Waals surface area contributed by atoms with Crippen LogP contribution >= 0.6 is 11.8 Å². The molecule has 4 nitrogen and oxygen atoms in total. The molecule has 1 heterocycles. The molecular weight excluding hydrogens is 184 g/mol. The van der Waals surface area contributed by atoms with E-state index in [9.17, 15) is 0 Å². The second kappa shape index (κ2) is 5.60. The minimum absolute atomic E-state index is 0.253. The molecule has 0 atom stereocenters. The van der Waals surface area contributed by atoms with Crippen molar-refractivity contribution in [2.75, 3.05) is 11.5 Å². The summed E-state index contributed by atoms with van der Waals surface area (Å²) in [6.07, 6.45) is 2.68. The van der Waals surface area contributed by atoms with Crippen LogP contribution in [0.1, 0.15) is 19.2 Å². The lowest BCUT2D eigenvalue weighted by atomic mass is 10.5. The third-order valence-electron chi connectivity index (χ3n) is 1.52. The normalized spacial score (nSPS) is 9.85. The first-order valence-corrected chi connectivity index (χ1v) is 5.39. The molecule has 0 N–H and O–H groups in total. The van der Waals surface area contributed by atoms with Crippen molar-refractivity contribution in [2.24, 2.45) is 0 Å². The largest absolute Gasteiger partial charge is 0.252 e. The van der Waals surface area contributed by atoms with Crippen LogP contribution in [0.2, 0.25) is 0 Å². The minimum atomic E-state index is 0.253. The van der Waals surface area contributed by atoms with Gasteiger partial charge in [0.2, 0.25) is 0 Å². The Bertz CT molecular complexity index is 289. The first-order chi connectivity index (χ1) is 6.36. The molecule has 13 heavy (non-hydrogen) atoms. The number of nitriles is 1. The van der Waals surface area contributed by atoms with Crippen molar-refractivity contribution in [2.45, 2.75) is 19.9 Å². The van der Waals surface area contributed by atoms with Crippen LogP contribution in [-0.4, -0.2) is 26.3 Å². The smallest absolute Gasteiger partial charge is 0.252 e. The Labute approximate surface area is 82.0 Å². The summed E-state index contributed by atoms with van der Waals surface area (Å²) in [5, 5.41) is 12.4. The highest BCUT2D eigenvalue weighted by Gasteiger charge is 1.97. The van der Waals surface area contributed by atoms with Crippen molar-refractivity contribution in [1.29, 1.82) is 5.26 Å². The summed E-state index contributed by atoms with van der Waals surface area (Å²) in [5.74, 6) is 2.54. The Morgan fingerprint density at radius 3 is 3.15 bits per heavy atom. The van der Waals surface area contributed by atoms with Crippen molar-refractivity contribution < 1.29 is 0 Å². The highest BCUT2D eigenvalue weighted by molar-refractivity contribution is 7.99. The van der Waals surface area contributed by atoms with Crippen molar-refractivity contribution in [3.63, 3.8) is 0 Å². The van der Waals surface area contributed by atoms with Gasteiger partial charge in [-0.3, -0.25) is 4.68 Å². The first kappa shape index (κ1) is 10.1. The molecule has 0 fully saturated rings. The second-order valence-corrected chi connectivity index (χ2v) is 3.89. The van der Waals surface area contributed by atoms with E-state index in [1.54, 1.807) is 11.0 Å². The van der Waals surface area contributed by atoms with E-state index < -0.39 is 0 Å². The Morgan fingerprint density at radius 2 is 2.54 bits per heavy atom. The summed E-state index contributed by atoms with van der Waals surface area (Å²) in [6.45, 7) is 3.00. The van der Waals surface area contributed by atoms with Gasteiger partial charge in [0.15, 0.2) is 0 Å². The fraction of sp³-hybridized carbons (Fsp3) is 0.625. The van der Waals surface area contributed by atoms with Crippen LogP contribution in [0.3, 0.4) is 0 Å². The van der Waals surface area contributed by atoms with Gasteiger partial charge in [0.05, 0.1) is 0 Å². The maximum atomic E-state index is 8.47. The van der Waals surface area contributed by atoms with Gasteiger partial charge in [-0.1, -0.05) is 6.92 Å². The Balaban J connectivity index is 2.25. The zero-order valence-corrected chi connectivity index (χ0v) is 8.42. The zero-order valence-electron chi connectivity index (χ0n) is 7.60. The fourth-order valence-corrected chi connectivity index (χ4v) is 1.55. The van der Waals surface area contributed by atoms with Gasteiger partial charge in [-0.2, -0.15) is 17.0 Å². The Hall–Kier alpha value is -1.02. The van der Waals surface area contributed by atoms with E-state index in [0.717, 1.165) is 24.5 Å². The van der Waals surface area contributed by atoms with Crippen LogP contribution in [-0.2, 0) is 6.54 Å². The third-order valence-corrected chi connectivity index (χ3v) is 2.50. The number of hydrogen-bond donors (Lipinski definition) is 0. The molecule has 1 aromatic heterocycles. The molecule has 0 amide bonds. The van der Waals surface area contributed by atoms with Gasteiger partial charge in [0.1, 0.15) is 12.4 Å². The molecule has 0 saturated heterocycles. The molecule has 0 aliphatic carbocycles. The molecule has 0 spiro atoms. The average Bonchev–Trinajstić information content (AvgIpc) is 2.60. The maximum absolute atomic E-state index is 8.47. The van der Waals surface area contributed by atoms with E-state index in [0.29, 0.717) is 0 Å². The van der Waals surface area contributed by atoms with Crippen molar-refractivity contribution >= 4 is 11.8 Å². The molecular formula is C8H12N4S. The number of rotatable bonds is 5. The highest BCUT2D eigenvalue weighted by atomic mass is 32.2. The van der Waals surface area contributed by atoms with E-state index in [4.69, 9.17) is 5.26 Å². The molecule has 0 unspecified atom stereocenters. The van der Waals surface area contributed by atoms with Crippen LogP contribution in [0.25, 0.3) is 0 Å². The van der Waals surface area contributed by atoms with Crippen LogP contribution in [0, 0.1) is 11.3 Å². The predicted octanol–water partition coefficient (Wildman–Crippen LogP) is 1.29. The van der Waals surface area contributed by atoms with Crippen molar-refractivity contribution in [3.8, 4) is 6.07 Å². The van der Waals surface area contributed by atoms with Crippen LogP contribution in [0.15, 0.2) is 6.33 Å². The summed E-state index contributed by atoms with van der Waals surface area (Å²) >= 11 is 1.91. The molecule has 1 rings (SSSR count). The number of thioether (sulfide) groups is 1. The maximum Gasteiger partial charge on any atom is 0.252 e. The first-order valence-electron chi connectivity index (χ1n) is 4.24. The molecule has 0 saturated carbocycles. The fourth-order valence-electron chi connectivity index (χ4n) is 0.927. The van der Waals surface area contributed by atoms with Gasteiger partial charge in [-0.25, -0.2) is 4.98 Å². The standard InChI is InChI=1S/C8H12N4S/c1-2-13-5-3-4-12-7-10-8(6-9)11-12/h7H,2-5H2,1H3. The van der Waals surface area contributed by atoms with E-state index >= 15 is 0 Å². The average molecular weight is 196 g/mol. The number of aromatic nitrogens is 3. The highest BCUT2D eigenvalue weighted by Crippen LogP contribution is 2.01. The monoisotopic (exact) mass is 196 g/mol.